The largest absolute Gasteiger partial charge is 0.368 e. The van der Waals surface area contributed by atoms with Gasteiger partial charge in [-0.1, -0.05) is 73.9 Å². The van der Waals surface area contributed by atoms with Crippen molar-refractivity contribution in [2.45, 2.75) is 38.5 Å². The molecule has 35 heavy (non-hydrogen) atoms. The summed E-state index contributed by atoms with van der Waals surface area (Å²) in [6, 6.07) is 22.3. The Morgan fingerprint density at radius 1 is 0.914 bits per heavy atom. The Labute approximate surface area is 207 Å². The third-order valence-corrected chi connectivity index (χ3v) is 6.57. The number of carbonyl (C=O) groups is 1. The predicted molar refractivity (Wildman–Crippen MR) is 146 cm³/mol. The summed E-state index contributed by atoms with van der Waals surface area (Å²) in [7, 11) is 3.88. The van der Waals surface area contributed by atoms with E-state index in [0.717, 1.165) is 28.8 Å². The minimum atomic E-state index is 0.150. The van der Waals surface area contributed by atoms with Gasteiger partial charge in [-0.25, -0.2) is 4.98 Å². The number of hydrogen-bond acceptors (Lipinski definition) is 5. The smallest absolute Gasteiger partial charge is 0.224 e. The van der Waals surface area contributed by atoms with Crippen LogP contribution in [0, 0.1) is 5.92 Å². The van der Waals surface area contributed by atoms with E-state index in [1.807, 2.05) is 61.5 Å². The van der Waals surface area contributed by atoms with Gasteiger partial charge in [0.1, 0.15) is 5.82 Å². The van der Waals surface area contributed by atoms with E-state index in [1.54, 1.807) is 0 Å². The van der Waals surface area contributed by atoms with Gasteiger partial charge in [0.25, 0.3) is 0 Å². The lowest BCUT2D eigenvalue weighted by Gasteiger charge is -2.21. The maximum Gasteiger partial charge on any atom is 0.224 e. The van der Waals surface area contributed by atoms with Gasteiger partial charge < -0.3 is 16.0 Å². The number of rotatable bonds is 5. The van der Waals surface area contributed by atoms with Crippen molar-refractivity contribution in [3.05, 3.63) is 72.3 Å². The van der Waals surface area contributed by atoms with Crippen molar-refractivity contribution in [3.63, 3.8) is 0 Å². The second-order valence-corrected chi connectivity index (χ2v) is 9.44. The molecule has 0 spiro atoms. The number of nitrogens with zero attached hydrogens (tertiary/aromatic N) is 3. The van der Waals surface area contributed by atoms with E-state index in [9.17, 15) is 4.79 Å². The summed E-state index contributed by atoms with van der Waals surface area (Å²) >= 11 is 0. The molecule has 1 aliphatic rings. The highest BCUT2D eigenvalue weighted by molar-refractivity contribution is 5.91. The maximum absolute atomic E-state index is 12.2. The van der Waals surface area contributed by atoms with E-state index < -0.39 is 0 Å². The summed E-state index contributed by atoms with van der Waals surface area (Å²) in [5, 5.41) is 6.54. The van der Waals surface area contributed by atoms with Gasteiger partial charge in [-0.15, -0.1) is 0 Å². The molecule has 1 aromatic heterocycles. The molecule has 0 radical (unpaired) electrons. The Kier molecular flexibility index (Phi) is 8.14. The number of nitrogens with two attached hydrogens (primary N) is 1. The monoisotopic (exact) mass is 469 g/mol. The molecule has 1 aliphatic carbocycles. The van der Waals surface area contributed by atoms with Gasteiger partial charge in [-0.05, 0) is 47.2 Å². The van der Waals surface area contributed by atoms with Crippen LogP contribution in [-0.2, 0) is 11.2 Å². The van der Waals surface area contributed by atoms with E-state index in [-0.39, 0.29) is 5.91 Å². The zero-order chi connectivity index (χ0) is 24.6. The Hall–Kier alpha value is -3.67. The Bertz CT molecular complexity index is 1280. The molecule has 182 valence electrons. The van der Waals surface area contributed by atoms with Crippen molar-refractivity contribution in [1.29, 1.82) is 0 Å². The van der Waals surface area contributed by atoms with Gasteiger partial charge in [0.2, 0.25) is 11.9 Å². The van der Waals surface area contributed by atoms with Crippen LogP contribution in [0.25, 0.3) is 21.7 Å². The lowest BCUT2D eigenvalue weighted by Crippen LogP contribution is -2.31. The molecule has 3 aromatic carbocycles. The predicted octanol–water partition coefficient (Wildman–Crippen LogP) is 5.36. The molecule has 0 unspecified atom stereocenters. The fourth-order valence-corrected chi connectivity index (χ4v) is 4.75. The second-order valence-electron chi connectivity index (χ2n) is 9.44. The highest BCUT2D eigenvalue weighted by Gasteiger charge is 2.14. The van der Waals surface area contributed by atoms with Crippen LogP contribution in [0.4, 0.5) is 11.8 Å². The van der Waals surface area contributed by atoms with Gasteiger partial charge >= 0.3 is 0 Å². The summed E-state index contributed by atoms with van der Waals surface area (Å²) in [6.07, 6.45) is 7.03. The van der Waals surface area contributed by atoms with Crippen LogP contribution < -0.4 is 16.0 Å². The molecule has 0 saturated heterocycles. The first-order valence-electron chi connectivity index (χ1n) is 12.4. The summed E-state index contributed by atoms with van der Waals surface area (Å²) in [6.45, 7) is 0.851. The van der Waals surface area contributed by atoms with Gasteiger partial charge in [-0.2, -0.15) is 4.98 Å². The van der Waals surface area contributed by atoms with E-state index in [0.29, 0.717) is 18.3 Å². The fraction of sp³-hybridized carbons (Fsp3) is 0.345. The molecular weight excluding hydrogens is 434 g/mol. The fourth-order valence-electron chi connectivity index (χ4n) is 4.75. The van der Waals surface area contributed by atoms with Crippen molar-refractivity contribution in [2.75, 3.05) is 31.3 Å². The van der Waals surface area contributed by atoms with Crippen molar-refractivity contribution >= 4 is 39.3 Å². The standard InChI is InChI=1S/C19H23NO.C10H12N4/c21-19(20-14-15-7-2-1-3-8-15)13-17-11-6-10-16-9-4-5-12-18(16)17;1-14(2)9-7-5-3-4-6-8(7)12-10(11)13-9/h4-6,9-12,15H,1-3,7-8,13-14H2,(H,20,21);3-6H,1-2H3,(H2,11,12,13). The maximum atomic E-state index is 12.2. The molecular formula is C29H35N5O. The highest BCUT2D eigenvalue weighted by atomic mass is 16.1. The van der Waals surface area contributed by atoms with Crippen LogP contribution in [0.1, 0.15) is 37.7 Å². The van der Waals surface area contributed by atoms with Crippen LogP contribution in [0.3, 0.4) is 0 Å². The molecule has 1 saturated carbocycles. The normalized spacial score (nSPS) is 13.8. The molecule has 3 N–H and O–H groups in total. The number of anilines is 2. The van der Waals surface area contributed by atoms with Crippen LogP contribution in [0.5, 0.6) is 0 Å². The molecule has 6 nitrogen and oxygen atoms in total. The number of para-hydroxylation sites is 1. The molecule has 0 aliphatic heterocycles. The van der Waals surface area contributed by atoms with Gasteiger partial charge in [-0.3, -0.25) is 4.79 Å². The molecule has 1 amide bonds. The molecule has 0 atom stereocenters. The number of hydrogen-bond donors (Lipinski definition) is 2. The Balaban J connectivity index is 0.000000179. The minimum absolute atomic E-state index is 0.150. The lowest BCUT2D eigenvalue weighted by atomic mass is 9.89. The molecule has 0 bridgehead atoms. The summed E-state index contributed by atoms with van der Waals surface area (Å²) < 4.78 is 0. The number of aromatic nitrogens is 2. The SMILES string of the molecule is CN(C)c1nc(N)nc2ccccc12.O=C(Cc1cccc2ccccc12)NCC1CCCCC1. The number of carbonyl (C=O) groups excluding carboxylic acids is 1. The average molecular weight is 470 g/mol. The molecule has 1 fully saturated rings. The molecule has 5 rings (SSSR count). The molecule has 6 heteroatoms. The third-order valence-electron chi connectivity index (χ3n) is 6.57. The van der Waals surface area contributed by atoms with Crippen LogP contribution in [0.15, 0.2) is 66.7 Å². The first kappa shape index (κ1) is 24.5. The minimum Gasteiger partial charge on any atom is -0.368 e. The average Bonchev–Trinajstić information content (AvgIpc) is 2.88. The van der Waals surface area contributed by atoms with E-state index in [1.165, 1.54) is 42.9 Å². The zero-order valence-electron chi connectivity index (χ0n) is 20.7. The zero-order valence-corrected chi connectivity index (χ0v) is 20.7. The molecule has 1 heterocycles. The number of fused-ring (bicyclic) bond motifs is 2. The number of benzene rings is 3. The lowest BCUT2D eigenvalue weighted by molar-refractivity contribution is -0.120. The van der Waals surface area contributed by atoms with E-state index >= 15 is 0 Å². The summed E-state index contributed by atoms with van der Waals surface area (Å²) in [5.41, 5.74) is 7.61. The van der Waals surface area contributed by atoms with Crippen molar-refractivity contribution in [3.8, 4) is 0 Å². The van der Waals surface area contributed by atoms with Crippen LogP contribution in [-0.4, -0.2) is 36.5 Å². The van der Waals surface area contributed by atoms with Crippen molar-refractivity contribution < 1.29 is 4.79 Å². The van der Waals surface area contributed by atoms with Crippen LogP contribution in [0.2, 0.25) is 0 Å². The highest BCUT2D eigenvalue weighted by Crippen LogP contribution is 2.24. The number of nitrogens with one attached hydrogen (secondary N) is 1. The first-order chi connectivity index (χ1) is 17.0. The molecule has 4 aromatic rings. The summed E-state index contributed by atoms with van der Waals surface area (Å²) in [4.78, 5) is 22.5. The quantitative estimate of drug-likeness (QED) is 0.411. The topological polar surface area (TPSA) is 84.1 Å². The van der Waals surface area contributed by atoms with Gasteiger partial charge in [0.05, 0.1) is 11.9 Å². The first-order valence-corrected chi connectivity index (χ1v) is 12.4. The van der Waals surface area contributed by atoms with E-state index in [2.05, 4.69) is 39.6 Å². The van der Waals surface area contributed by atoms with E-state index in [4.69, 9.17) is 5.73 Å². The van der Waals surface area contributed by atoms with Gasteiger partial charge in [0, 0.05) is 26.0 Å². The number of amides is 1. The Morgan fingerprint density at radius 3 is 2.37 bits per heavy atom. The number of nitrogen functional groups attached to an aromatic ring is 1. The van der Waals surface area contributed by atoms with Crippen LogP contribution >= 0.6 is 0 Å². The van der Waals surface area contributed by atoms with Crippen molar-refractivity contribution in [1.82, 2.24) is 15.3 Å². The third kappa shape index (κ3) is 6.47. The van der Waals surface area contributed by atoms with Gasteiger partial charge in [0.15, 0.2) is 0 Å². The van der Waals surface area contributed by atoms with Crippen molar-refractivity contribution in [2.24, 2.45) is 5.92 Å². The summed E-state index contributed by atoms with van der Waals surface area (Å²) in [5.74, 6) is 2.01. The second kappa shape index (κ2) is 11.6. The Morgan fingerprint density at radius 2 is 1.60 bits per heavy atom.